The van der Waals surface area contributed by atoms with Crippen LogP contribution in [0.15, 0.2) is 152 Å². The number of aromatic nitrogens is 2. The molecule has 0 saturated heterocycles. The fourth-order valence-electron chi connectivity index (χ4n) is 9.16. The van der Waals surface area contributed by atoms with Crippen molar-refractivity contribution in [2.45, 2.75) is 6.18 Å². The molecule has 0 N–H and O–H groups in total. The second-order valence-corrected chi connectivity index (χ2v) is 16.7. The molecular weight excluding hydrogens is 776 g/mol. The Kier molecular flexibility index (Phi) is 6.94. The van der Waals surface area contributed by atoms with E-state index in [-0.39, 0.29) is 16.9 Å². The van der Waals surface area contributed by atoms with Crippen LogP contribution in [0.3, 0.4) is 0 Å². The first kappa shape index (κ1) is 33.6. The van der Waals surface area contributed by atoms with Crippen LogP contribution in [0.1, 0.15) is 5.56 Å². The minimum absolute atomic E-state index is 0.00826. The van der Waals surface area contributed by atoms with Gasteiger partial charge < -0.3 is 9.13 Å². The van der Waals surface area contributed by atoms with Gasteiger partial charge in [-0.1, -0.05) is 91.0 Å². The third-order valence-corrected chi connectivity index (χ3v) is 13.8. The molecule has 0 unspecified atom stereocenters. The summed E-state index contributed by atoms with van der Waals surface area (Å²) >= 11 is 3.16. The van der Waals surface area contributed by atoms with Gasteiger partial charge in [0, 0.05) is 67.5 Å². The first-order valence-corrected chi connectivity index (χ1v) is 20.3. The average molecular weight is 801 g/mol. The lowest BCUT2D eigenvalue weighted by molar-refractivity contribution is -0.137. The summed E-state index contributed by atoms with van der Waals surface area (Å²) in [6.45, 7) is 0. The molecule has 4 aromatic heterocycles. The van der Waals surface area contributed by atoms with E-state index in [9.17, 15) is 0 Å². The summed E-state index contributed by atoms with van der Waals surface area (Å²) in [6.07, 6.45) is -4.89. The molecule has 0 aliphatic carbocycles. The monoisotopic (exact) mass is 800 g/mol. The molecule has 0 radical (unpaired) electrons. The van der Waals surface area contributed by atoms with Gasteiger partial charge in [0.25, 0.3) is 0 Å². The maximum absolute atomic E-state index is 16.4. The van der Waals surface area contributed by atoms with Crippen LogP contribution in [-0.4, -0.2) is 9.13 Å². The van der Waals surface area contributed by atoms with Crippen LogP contribution in [0.25, 0.3) is 106 Å². The highest BCUT2D eigenvalue weighted by Gasteiger charge is 2.38. The van der Waals surface area contributed by atoms with E-state index in [1.54, 1.807) is 43.9 Å². The van der Waals surface area contributed by atoms with Crippen molar-refractivity contribution in [1.29, 1.82) is 0 Å². The number of benzene rings is 8. The van der Waals surface area contributed by atoms with E-state index in [1.807, 2.05) is 109 Å². The van der Waals surface area contributed by atoms with Crippen LogP contribution in [0, 0.1) is 11.6 Å². The molecular formula is C49H25F5N2S2. The zero-order valence-electron chi connectivity index (χ0n) is 30.0. The maximum atomic E-state index is 16.4. The summed E-state index contributed by atoms with van der Waals surface area (Å²) in [6, 6.07) is 44.7. The van der Waals surface area contributed by atoms with Gasteiger partial charge in [0.2, 0.25) is 0 Å². The Morgan fingerprint density at radius 3 is 1.40 bits per heavy atom. The predicted octanol–water partition coefficient (Wildman–Crippen LogP) is 15.6. The van der Waals surface area contributed by atoms with Crippen molar-refractivity contribution in [3.8, 4) is 22.5 Å². The van der Waals surface area contributed by atoms with E-state index in [0.29, 0.717) is 22.1 Å². The summed E-state index contributed by atoms with van der Waals surface area (Å²) in [4.78, 5) is 0. The van der Waals surface area contributed by atoms with Crippen LogP contribution in [-0.2, 0) is 6.18 Å². The minimum Gasteiger partial charge on any atom is -0.308 e. The Morgan fingerprint density at radius 2 is 0.879 bits per heavy atom. The fourth-order valence-corrected chi connectivity index (χ4v) is 11.4. The zero-order chi connectivity index (χ0) is 39.0. The second kappa shape index (κ2) is 12.0. The summed E-state index contributed by atoms with van der Waals surface area (Å²) < 4.78 is 88.5. The molecule has 0 saturated carbocycles. The lowest BCUT2D eigenvalue weighted by atomic mass is 9.97. The van der Waals surface area contributed by atoms with Gasteiger partial charge in [-0.05, 0) is 60.7 Å². The van der Waals surface area contributed by atoms with Crippen molar-refractivity contribution in [2.75, 3.05) is 0 Å². The minimum atomic E-state index is -4.89. The molecule has 0 fully saturated rings. The highest BCUT2D eigenvalue weighted by Crippen LogP contribution is 2.49. The van der Waals surface area contributed by atoms with Gasteiger partial charge in [-0.3, -0.25) is 0 Å². The molecule has 12 rings (SSSR count). The van der Waals surface area contributed by atoms with E-state index >= 15 is 22.0 Å². The van der Waals surface area contributed by atoms with Crippen molar-refractivity contribution in [3.05, 3.63) is 169 Å². The van der Waals surface area contributed by atoms with Crippen molar-refractivity contribution < 1.29 is 22.0 Å². The van der Waals surface area contributed by atoms with Crippen molar-refractivity contribution in [1.82, 2.24) is 9.13 Å². The van der Waals surface area contributed by atoms with Gasteiger partial charge in [0.15, 0.2) is 0 Å². The Bertz CT molecular complexity index is 3690. The number of hydrogen-bond acceptors (Lipinski definition) is 2. The quantitative estimate of drug-likeness (QED) is 0.158. The standard InChI is InChI=1S/C49H25F5N2S2/c50-34-14-9-15-35(51)44(34)32-24-39(56-37-17-6-2-11-27(37)29-21-23-43-46(48(29)56)31-13-4-8-19-41(31)58-43)33(49(52,53)54)25-38(32)55-36-16-5-1-10-26(36)28-20-22-42-45(47(28)55)30-12-3-7-18-40(30)57-42/h1-25H. The lowest BCUT2D eigenvalue weighted by Gasteiger charge is -2.22. The van der Waals surface area contributed by atoms with Gasteiger partial charge in [-0.2, -0.15) is 13.2 Å². The topological polar surface area (TPSA) is 9.86 Å². The molecule has 0 amide bonds. The van der Waals surface area contributed by atoms with Crippen molar-refractivity contribution in [2.24, 2.45) is 0 Å². The number of nitrogens with zero attached hydrogens (tertiary/aromatic N) is 2. The number of alkyl halides is 3. The summed E-state index contributed by atoms with van der Waals surface area (Å²) in [5, 5.41) is 6.71. The summed E-state index contributed by atoms with van der Waals surface area (Å²) in [7, 11) is 0. The number of halogens is 5. The Balaban J connectivity index is 1.32. The number of fused-ring (bicyclic) bond motifs is 14. The van der Waals surface area contributed by atoms with Gasteiger partial charge in [0.05, 0.1) is 44.6 Å². The number of para-hydroxylation sites is 2. The summed E-state index contributed by atoms with van der Waals surface area (Å²) in [5.41, 5.74) is 0.852. The highest BCUT2D eigenvalue weighted by molar-refractivity contribution is 7.26. The van der Waals surface area contributed by atoms with Crippen molar-refractivity contribution in [3.63, 3.8) is 0 Å². The number of thiophene rings is 2. The lowest BCUT2D eigenvalue weighted by Crippen LogP contribution is -2.14. The molecule has 278 valence electrons. The van der Waals surface area contributed by atoms with Crippen LogP contribution in [0.2, 0.25) is 0 Å². The zero-order valence-corrected chi connectivity index (χ0v) is 31.7. The molecule has 9 heteroatoms. The normalized spacial score (nSPS) is 12.6. The van der Waals surface area contributed by atoms with Gasteiger partial charge in [0.1, 0.15) is 11.6 Å². The molecule has 8 aromatic carbocycles. The molecule has 12 aromatic rings. The van der Waals surface area contributed by atoms with Gasteiger partial charge in [-0.15, -0.1) is 22.7 Å². The number of rotatable bonds is 3. The molecule has 2 nitrogen and oxygen atoms in total. The molecule has 58 heavy (non-hydrogen) atoms. The van der Waals surface area contributed by atoms with Crippen LogP contribution >= 0.6 is 22.7 Å². The predicted molar refractivity (Wildman–Crippen MR) is 231 cm³/mol. The SMILES string of the molecule is Fc1cccc(F)c1-c1cc(-n2c3ccccc3c3ccc4sc5ccccc5c4c32)c(C(F)(F)F)cc1-n1c2ccccc2c2ccc3sc4ccccc4c3c21. The third-order valence-electron chi connectivity index (χ3n) is 11.5. The largest absolute Gasteiger partial charge is 0.418 e. The first-order chi connectivity index (χ1) is 28.3. The first-order valence-electron chi connectivity index (χ1n) is 18.6. The van der Waals surface area contributed by atoms with Gasteiger partial charge >= 0.3 is 6.18 Å². The molecule has 0 aliphatic heterocycles. The third kappa shape index (κ3) is 4.57. The van der Waals surface area contributed by atoms with Gasteiger partial charge in [-0.25, -0.2) is 8.78 Å². The molecule has 0 bridgehead atoms. The summed E-state index contributed by atoms with van der Waals surface area (Å²) in [5.74, 6) is -1.76. The molecule has 4 heterocycles. The smallest absolute Gasteiger partial charge is 0.308 e. The van der Waals surface area contributed by atoms with E-state index < -0.39 is 28.9 Å². The second-order valence-electron chi connectivity index (χ2n) is 14.6. The van der Waals surface area contributed by atoms with E-state index in [2.05, 4.69) is 0 Å². The maximum Gasteiger partial charge on any atom is 0.418 e. The van der Waals surface area contributed by atoms with Crippen LogP contribution in [0.4, 0.5) is 22.0 Å². The number of hydrogen-bond donors (Lipinski definition) is 0. The Morgan fingerprint density at radius 1 is 0.414 bits per heavy atom. The van der Waals surface area contributed by atoms with Crippen molar-refractivity contribution >= 4 is 107 Å². The van der Waals surface area contributed by atoms with E-state index in [4.69, 9.17) is 0 Å². The van der Waals surface area contributed by atoms with Crippen LogP contribution < -0.4 is 0 Å². The molecule has 0 atom stereocenters. The Hall–Kier alpha value is -6.55. The Labute approximate surface area is 333 Å². The average Bonchev–Trinajstić information content (AvgIpc) is 3.97. The molecule has 0 spiro atoms. The fraction of sp³-hybridized carbons (Fsp3) is 0.0204. The highest BCUT2D eigenvalue weighted by atomic mass is 32.1. The van der Waals surface area contributed by atoms with E-state index in [1.165, 1.54) is 12.1 Å². The van der Waals surface area contributed by atoms with E-state index in [0.717, 1.165) is 80.1 Å². The van der Waals surface area contributed by atoms with Crippen LogP contribution in [0.5, 0.6) is 0 Å². The molecule has 0 aliphatic rings.